The van der Waals surface area contributed by atoms with Crippen LogP contribution >= 0.6 is 11.6 Å². The van der Waals surface area contributed by atoms with E-state index in [0.29, 0.717) is 40.3 Å². The number of carboxylic acid groups (broad SMARTS) is 1. The Morgan fingerprint density at radius 3 is 2.42 bits per heavy atom. The maximum Gasteiger partial charge on any atom is 0.416 e. The van der Waals surface area contributed by atoms with E-state index in [4.69, 9.17) is 21.1 Å². The predicted octanol–water partition coefficient (Wildman–Crippen LogP) is 7.42. The fourth-order valence-corrected chi connectivity index (χ4v) is 4.42. The molecule has 1 aromatic heterocycles. The van der Waals surface area contributed by atoms with Gasteiger partial charge in [-0.3, -0.25) is 9.59 Å². The number of carboxylic acids is 1. The maximum absolute atomic E-state index is 12.8. The molecule has 7 nitrogen and oxygen atoms in total. The third-order valence-electron chi connectivity index (χ3n) is 6.24. The number of nitrogens with zero attached hydrogens (tertiary/aromatic N) is 1. The van der Waals surface area contributed by atoms with Gasteiger partial charge in [-0.15, -0.1) is 0 Å². The predicted molar refractivity (Wildman–Crippen MR) is 141 cm³/mol. The number of hydrogen-bond donors (Lipinski definition) is 2. The van der Waals surface area contributed by atoms with Crippen molar-refractivity contribution in [3.05, 3.63) is 101 Å². The average molecular weight is 569 g/mol. The minimum absolute atomic E-state index is 0.219. The summed E-state index contributed by atoms with van der Waals surface area (Å²) in [7, 11) is 0. The van der Waals surface area contributed by atoms with Gasteiger partial charge in [-0.2, -0.15) is 13.2 Å². The molecule has 40 heavy (non-hydrogen) atoms. The van der Waals surface area contributed by atoms with Gasteiger partial charge in [-0.05, 0) is 61.0 Å². The molecule has 3 aromatic carbocycles. The smallest absolute Gasteiger partial charge is 0.416 e. The van der Waals surface area contributed by atoms with Crippen LogP contribution in [0, 0.1) is 0 Å². The van der Waals surface area contributed by atoms with Crippen molar-refractivity contribution >= 4 is 29.3 Å². The first-order valence-corrected chi connectivity index (χ1v) is 12.4. The fourth-order valence-electron chi connectivity index (χ4n) is 4.21. The van der Waals surface area contributed by atoms with Gasteiger partial charge in [0.25, 0.3) is 5.91 Å². The van der Waals surface area contributed by atoms with Crippen molar-refractivity contribution in [2.24, 2.45) is 0 Å². The summed E-state index contributed by atoms with van der Waals surface area (Å²) in [4.78, 5) is 28.6. The highest BCUT2D eigenvalue weighted by Gasteiger charge is 2.30. The molecular formula is C29H20ClF3N2O5. The number of halogens is 4. The summed E-state index contributed by atoms with van der Waals surface area (Å²) >= 11 is 6.34. The average Bonchev–Trinajstić information content (AvgIpc) is 2.93. The minimum atomic E-state index is -4.44. The van der Waals surface area contributed by atoms with Gasteiger partial charge in [0.05, 0.1) is 28.8 Å². The molecule has 0 saturated heterocycles. The molecule has 5 rings (SSSR count). The van der Waals surface area contributed by atoms with E-state index in [2.05, 4.69) is 10.3 Å². The lowest BCUT2D eigenvalue weighted by Crippen LogP contribution is -2.20. The molecule has 204 valence electrons. The van der Waals surface area contributed by atoms with Gasteiger partial charge in [-0.1, -0.05) is 29.8 Å². The van der Waals surface area contributed by atoms with E-state index in [1.165, 1.54) is 30.3 Å². The van der Waals surface area contributed by atoms with Crippen LogP contribution in [0.3, 0.4) is 0 Å². The Morgan fingerprint density at radius 1 is 1.02 bits per heavy atom. The number of aromatic nitrogens is 1. The Balaban J connectivity index is 1.27. The van der Waals surface area contributed by atoms with Crippen molar-refractivity contribution < 1.29 is 37.3 Å². The summed E-state index contributed by atoms with van der Waals surface area (Å²) in [5.41, 5.74) is 0.894. The standard InChI is InChI=1S/C29H20ClF3N2O5/c30-22-14-21-20(28(37)38)12-13-39-24(21)15-25(22)40-19-10-6-17(7-11-19)27(36)35-26-3-1-2-23(34-26)16-4-8-18(9-5-16)29(31,32)33/h1-11,14-15,20H,12-13H2,(H,37,38)(H,34,35,36). The Kier molecular flexibility index (Phi) is 7.36. The molecule has 0 fully saturated rings. The number of aliphatic carboxylic acids is 1. The van der Waals surface area contributed by atoms with E-state index in [1.807, 2.05) is 0 Å². The third-order valence-corrected chi connectivity index (χ3v) is 6.54. The highest BCUT2D eigenvalue weighted by Crippen LogP contribution is 2.42. The number of hydrogen-bond acceptors (Lipinski definition) is 5. The van der Waals surface area contributed by atoms with Crippen molar-refractivity contribution in [3.8, 4) is 28.5 Å². The number of ether oxygens (including phenoxy) is 2. The summed E-state index contributed by atoms with van der Waals surface area (Å²) in [6.45, 7) is 0.261. The Morgan fingerprint density at radius 2 is 1.75 bits per heavy atom. The largest absolute Gasteiger partial charge is 0.493 e. The van der Waals surface area contributed by atoms with Gasteiger partial charge in [-0.25, -0.2) is 4.98 Å². The van der Waals surface area contributed by atoms with Crippen molar-refractivity contribution in [2.45, 2.75) is 18.5 Å². The number of rotatable bonds is 6. The van der Waals surface area contributed by atoms with Gasteiger partial charge in [0, 0.05) is 22.8 Å². The van der Waals surface area contributed by atoms with Crippen molar-refractivity contribution in [1.29, 1.82) is 0 Å². The molecule has 0 aliphatic carbocycles. The van der Waals surface area contributed by atoms with Gasteiger partial charge < -0.3 is 19.9 Å². The molecule has 4 aromatic rings. The highest BCUT2D eigenvalue weighted by molar-refractivity contribution is 6.32. The molecule has 0 saturated carbocycles. The monoisotopic (exact) mass is 568 g/mol. The highest BCUT2D eigenvalue weighted by atomic mass is 35.5. The topological polar surface area (TPSA) is 97.8 Å². The van der Waals surface area contributed by atoms with Gasteiger partial charge >= 0.3 is 12.1 Å². The molecule has 0 spiro atoms. The Bertz CT molecular complexity index is 1570. The SMILES string of the molecule is O=C(Nc1cccc(-c2ccc(C(F)(F)F)cc2)n1)c1ccc(Oc2cc3c(cc2Cl)C(C(=O)O)CCO3)cc1. The lowest BCUT2D eigenvalue weighted by Gasteiger charge is -2.24. The molecule has 0 bridgehead atoms. The zero-order valence-corrected chi connectivity index (χ0v) is 21.3. The second kappa shape index (κ2) is 10.9. The number of pyridine rings is 1. The molecule has 1 atom stereocenters. The molecule has 2 heterocycles. The van der Waals surface area contributed by atoms with E-state index in [0.717, 1.165) is 12.1 Å². The van der Waals surface area contributed by atoms with Crippen LogP contribution in [-0.4, -0.2) is 28.6 Å². The van der Waals surface area contributed by atoms with Crippen molar-refractivity contribution in [1.82, 2.24) is 4.98 Å². The normalized spacial score (nSPS) is 14.6. The number of anilines is 1. The van der Waals surface area contributed by atoms with E-state index in [-0.39, 0.29) is 23.2 Å². The molecule has 1 aliphatic rings. The van der Waals surface area contributed by atoms with Gasteiger partial charge in [0.1, 0.15) is 23.1 Å². The quantitative estimate of drug-likeness (QED) is 0.251. The summed E-state index contributed by atoms with van der Waals surface area (Å²) in [5, 5.41) is 12.3. The molecule has 1 amide bonds. The number of fused-ring (bicyclic) bond motifs is 1. The number of benzene rings is 3. The number of amides is 1. The molecule has 11 heteroatoms. The summed E-state index contributed by atoms with van der Waals surface area (Å²) in [5.74, 6) is -0.853. The van der Waals surface area contributed by atoms with Crippen LogP contribution in [0.15, 0.2) is 78.9 Å². The summed E-state index contributed by atoms with van der Waals surface area (Å²) < 4.78 is 50.0. The summed E-state index contributed by atoms with van der Waals surface area (Å²) in [6.07, 6.45) is -4.09. The van der Waals surface area contributed by atoms with Crippen LogP contribution in [0.25, 0.3) is 11.3 Å². The molecule has 1 unspecified atom stereocenters. The fraction of sp³-hybridized carbons (Fsp3) is 0.138. The Hall–Kier alpha value is -4.57. The molecule has 0 radical (unpaired) electrons. The number of nitrogens with one attached hydrogen (secondary N) is 1. The number of alkyl halides is 3. The molecule has 2 N–H and O–H groups in total. The first-order valence-electron chi connectivity index (χ1n) is 12.0. The van der Waals surface area contributed by atoms with Crippen molar-refractivity contribution in [3.63, 3.8) is 0 Å². The van der Waals surface area contributed by atoms with Crippen LogP contribution < -0.4 is 14.8 Å². The van der Waals surface area contributed by atoms with E-state index in [9.17, 15) is 27.9 Å². The van der Waals surface area contributed by atoms with Gasteiger partial charge in [0.2, 0.25) is 0 Å². The van der Waals surface area contributed by atoms with Gasteiger partial charge in [0.15, 0.2) is 0 Å². The van der Waals surface area contributed by atoms with Crippen molar-refractivity contribution in [2.75, 3.05) is 11.9 Å². The third kappa shape index (κ3) is 5.86. The first kappa shape index (κ1) is 27.0. The second-order valence-corrected chi connectivity index (χ2v) is 9.32. The van der Waals surface area contributed by atoms with Crippen LogP contribution in [0.1, 0.15) is 33.8 Å². The van der Waals surface area contributed by atoms with Crippen LogP contribution in [-0.2, 0) is 11.0 Å². The number of carbonyl (C=O) groups is 2. The minimum Gasteiger partial charge on any atom is -0.493 e. The zero-order chi connectivity index (χ0) is 28.4. The van der Waals surface area contributed by atoms with Crippen LogP contribution in [0.5, 0.6) is 17.2 Å². The zero-order valence-electron chi connectivity index (χ0n) is 20.5. The maximum atomic E-state index is 12.8. The Labute approximate surface area is 231 Å². The van der Waals surface area contributed by atoms with Crippen LogP contribution in [0.2, 0.25) is 5.02 Å². The van der Waals surface area contributed by atoms with Crippen LogP contribution in [0.4, 0.5) is 19.0 Å². The summed E-state index contributed by atoms with van der Waals surface area (Å²) in [6, 6.07) is 18.7. The lowest BCUT2D eigenvalue weighted by molar-refractivity contribution is -0.139. The number of carbonyl (C=O) groups excluding carboxylic acids is 1. The van der Waals surface area contributed by atoms with E-state index < -0.39 is 29.5 Å². The lowest BCUT2D eigenvalue weighted by atomic mass is 9.93. The molecular weight excluding hydrogens is 549 g/mol. The second-order valence-electron chi connectivity index (χ2n) is 8.91. The molecule has 1 aliphatic heterocycles. The first-order chi connectivity index (χ1) is 19.1. The van der Waals surface area contributed by atoms with E-state index in [1.54, 1.807) is 36.4 Å². The van der Waals surface area contributed by atoms with E-state index >= 15 is 0 Å².